The van der Waals surface area contributed by atoms with E-state index in [1.807, 2.05) is 29.2 Å². The van der Waals surface area contributed by atoms with Crippen LogP contribution in [-0.2, 0) is 17.9 Å². The molecule has 1 atom stereocenters. The fourth-order valence-corrected chi connectivity index (χ4v) is 3.95. The van der Waals surface area contributed by atoms with Crippen LogP contribution in [-0.4, -0.2) is 43.5 Å². The zero-order valence-electron chi connectivity index (χ0n) is 20.0. The van der Waals surface area contributed by atoms with Crippen LogP contribution in [0, 0.1) is 0 Å². The highest BCUT2D eigenvalue weighted by molar-refractivity contribution is 14.0. The number of benzene rings is 2. The van der Waals surface area contributed by atoms with Crippen LogP contribution in [0.5, 0.6) is 5.75 Å². The first-order valence-corrected chi connectivity index (χ1v) is 11.6. The molecule has 1 heterocycles. The molecule has 3 rings (SSSR count). The lowest BCUT2D eigenvalue weighted by Crippen LogP contribution is -2.38. The second-order valence-corrected chi connectivity index (χ2v) is 8.27. The van der Waals surface area contributed by atoms with E-state index in [1.54, 1.807) is 7.11 Å². The highest BCUT2D eigenvalue weighted by atomic mass is 127. The molecule has 1 fully saturated rings. The molecular formula is C26H37IN4O2. The van der Waals surface area contributed by atoms with Crippen LogP contribution < -0.4 is 15.4 Å². The monoisotopic (exact) mass is 564 g/mol. The maximum atomic E-state index is 12.0. The van der Waals surface area contributed by atoms with Gasteiger partial charge in [-0.1, -0.05) is 43.3 Å². The molecule has 2 aromatic rings. The van der Waals surface area contributed by atoms with E-state index in [1.165, 1.54) is 11.1 Å². The highest BCUT2D eigenvalue weighted by Crippen LogP contribution is 2.21. The van der Waals surface area contributed by atoms with Crippen LogP contribution in [0.4, 0.5) is 0 Å². The van der Waals surface area contributed by atoms with Crippen LogP contribution in [0.1, 0.15) is 55.7 Å². The Morgan fingerprint density at radius 2 is 1.85 bits per heavy atom. The number of carbonyl (C=O) groups is 1. The van der Waals surface area contributed by atoms with Crippen LogP contribution in [0.15, 0.2) is 53.5 Å². The number of hydrogen-bond donors (Lipinski definition) is 2. The van der Waals surface area contributed by atoms with Crippen LogP contribution in [0.2, 0.25) is 0 Å². The van der Waals surface area contributed by atoms with E-state index < -0.39 is 0 Å². The Hall–Kier alpha value is -2.29. The average molecular weight is 565 g/mol. The minimum atomic E-state index is 0. The smallest absolute Gasteiger partial charge is 0.222 e. The molecule has 0 aromatic heterocycles. The highest BCUT2D eigenvalue weighted by Gasteiger charge is 2.20. The van der Waals surface area contributed by atoms with Gasteiger partial charge in [-0.05, 0) is 54.5 Å². The summed E-state index contributed by atoms with van der Waals surface area (Å²) in [5.74, 6) is 2.40. The fraction of sp³-hybridized carbons (Fsp3) is 0.462. The molecule has 2 aromatic carbocycles. The van der Waals surface area contributed by atoms with Crippen molar-refractivity contribution in [2.45, 2.75) is 52.1 Å². The van der Waals surface area contributed by atoms with Gasteiger partial charge in [-0.2, -0.15) is 0 Å². The van der Waals surface area contributed by atoms with E-state index in [4.69, 9.17) is 9.73 Å². The van der Waals surface area contributed by atoms with Gasteiger partial charge in [-0.25, -0.2) is 4.99 Å². The number of hydrogen-bond acceptors (Lipinski definition) is 3. The summed E-state index contributed by atoms with van der Waals surface area (Å²) in [6.07, 6.45) is 2.64. The van der Waals surface area contributed by atoms with Gasteiger partial charge in [0.1, 0.15) is 5.75 Å². The number of carbonyl (C=O) groups excluding carboxylic acids is 1. The summed E-state index contributed by atoms with van der Waals surface area (Å²) in [7, 11) is 1.69. The lowest BCUT2D eigenvalue weighted by Gasteiger charge is -2.18. The first-order valence-electron chi connectivity index (χ1n) is 11.6. The number of halogens is 1. The van der Waals surface area contributed by atoms with Crippen molar-refractivity contribution in [3.05, 3.63) is 65.2 Å². The van der Waals surface area contributed by atoms with E-state index >= 15 is 0 Å². The number of methoxy groups -OCH3 is 1. The number of rotatable bonds is 10. The quantitative estimate of drug-likeness (QED) is 0.250. The first kappa shape index (κ1) is 27.0. The van der Waals surface area contributed by atoms with E-state index in [9.17, 15) is 4.79 Å². The van der Waals surface area contributed by atoms with Crippen LogP contribution >= 0.6 is 24.0 Å². The Morgan fingerprint density at radius 1 is 1.12 bits per heavy atom. The van der Waals surface area contributed by atoms with Crippen molar-refractivity contribution < 1.29 is 9.53 Å². The number of likely N-dealkylation sites (tertiary alicyclic amines) is 1. The molecule has 0 saturated carbocycles. The zero-order chi connectivity index (χ0) is 22.8. The maximum Gasteiger partial charge on any atom is 0.222 e. The number of aliphatic imine (C=N–C) groups is 1. The molecule has 2 N–H and O–H groups in total. The third-order valence-electron chi connectivity index (χ3n) is 5.96. The van der Waals surface area contributed by atoms with Gasteiger partial charge in [-0.15, -0.1) is 24.0 Å². The molecule has 0 bridgehead atoms. The van der Waals surface area contributed by atoms with Crippen molar-refractivity contribution in [2.75, 3.05) is 26.7 Å². The second-order valence-electron chi connectivity index (χ2n) is 8.27. The normalized spacial score (nSPS) is 14.6. The third-order valence-corrected chi connectivity index (χ3v) is 5.96. The molecule has 0 aliphatic carbocycles. The summed E-state index contributed by atoms with van der Waals surface area (Å²) in [6, 6.07) is 16.6. The van der Waals surface area contributed by atoms with E-state index in [0.29, 0.717) is 25.4 Å². The summed E-state index contributed by atoms with van der Waals surface area (Å²) in [5, 5.41) is 6.80. The standard InChI is InChI=1S/C26H36N4O2.HI/c1-4-27-26(28-16-15-20(2)21-11-13-24(32-3)14-12-21)29-18-22-8-5-6-9-23(22)19-30-17-7-10-25(30)31;/h5-6,8-9,11-14,20H,4,7,10,15-19H2,1-3H3,(H2,27,28,29);1H. The molecule has 1 unspecified atom stereocenters. The molecule has 1 aliphatic heterocycles. The van der Waals surface area contributed by atoms with E-state index in [-0.39, 0.29) is 29.9 Å². The lowest BCUT2D eigenvalue weighted by molar-refractivity contribution is -0.128. The van der Waals surface area contributed by atoms with Crippen molar-refractivity contribution in [2.24, 2.45) is 4.99 Å². The molecule has 7 heteroatoms. The van der Waals surface area contributed by atoms with E-state index in [2.05, 4.69) is 48.7 Å². The summed E-state index contributed by atoms with van der Waals surface area (Å²) >= 11 is 0. The molecule has 1 aliphatic rings. The summed E-state index contributed by atoms with van der Waals surface area (Å²) in [4.78, 5) is 18.8. The van der Waals surface area contributed by atoms with Gasteiger partial charge in [0, 0.05) is 32.6 Å². The number of nitrogens with one attached hydrogen (secondary N) is 2. The topological polar surface area (TPSA) is 66.0 Å². The Kier molecular flexibility index (Phi) is 11.5. The Morgan fingerprint density at radius 3 is 2.48 bits per heavy atom. The SMILES string of the molecule is CCNC(=NCc1ccccc1CN1CCCC1=O)NCCC(C)c1ccc(OC)cc1.I. The second kappa shape index (κ2) is 14.1. The largest absolute Gasteiger partial charge is 0.497 e. The van der Waals surface area contributed by atoms with Crippen molar-refractivity contribution in [1.82, 2.24) is 15.5 Å². The van der Waals surface area contributed by atoms with Crippen molar-refractivity contribution in [3.63, 3.8) is 0 Å². The van der Waals surface area contributed by atoms with Gasteiger partial charge in [0.05, 0.1) is 13.7 Å². The van der Waals surface area contributed by atoms with Gasteiger partial charge in [0.15, 0.2) is 5.96 Å². The molecule has 180 valence electrons. The average Bonchev–Trinajstić information content (AvgIpc) is 3.22. The van der Waals surface area contributed by atoms with Crippen molar-refractivity contribution >= 4 is 35.8 Å². The van der Waals surface area contributed by atoms with Crippen molar-refractivity contribution in [1.29, 1.82) is 0 Å². The number of ether oxygens (including phenoxy) is 1. The minimum absolute atomic E-state index is 0. The van der Waals surface area contributed by atoms with Gasteiger partial charge in [0.2, 0.25) is 5.91 Å². The maximum absolute atomic E-state index is 12.0. The van der Waals surface area contributed by atoms with Gasteiger partial charge < -0.3 is 20.3 Å². The summed E-state index contributed by atoms with van der Waals surface area (Å²) < 4.78 is 5.25. The molecular weight excluding hydrogens is 527 g/mol. The van der Waals surface area contributed by atoms with Gasteiger partial charge >= 0.3 is 0 Å². The van der Waals surface area contributed by atoms with Gasteiger partial charge in [-0.3, -0.25) is 4.79 Å². The predicted molar refractivity (Wildman–Crippen MR) is 145 cm³/mol. The minimum Gasteiger partial charge on any atom is -0.497 e. The first-order chi connectivity index (χ1) is 15.6. The molecule has 1 saturated heterocycles. The number of nitrogens with zero attached hydrogens (tertiary/aromatic N) is 2. The molecule has 0 spiro atoms. The molecule has 1 amide bonds. The number of amides is 1. The molecule has 6 nitrogen and oxygen atoms in total. The fourth-order valence-electron chi connectivity index (χ4n) is 3.95. The van der Waals surface area contributed by atoms with Gasteiger partial charge in [0.25, 0.3) is 0 Å². The Labute approximate surface area is 215 Å². The van der Waals surface area contributed by atoms with Crippen molar-refractivity contribution in [3.8, 4) is 5.75 Å². The summed E-state index contributed by atoms with van der Waals surface area (Å²) in [6.45, 7) is 8.07. The molecule has 33 heavy (non-hydrogen) atoms. The third kappa shape index (κ3) is 8.21. The molecule has 0 radical (unpaired) electrons. The lowest BCUT2D eigenvalue weighted by atomic mass is 9.98. The van der Waals surface area contributed by atoms with E-state index in [0.717, 1.165) is 49.7 Å². The predicted octanol–water partition coefficient (Wildman–Crippen LogP) is 4.68. The Bertz CT molecular complexity index is 901. The Balaban J connectivity index is 0.00000385. The van der Waals surface area contributed by atoms with Crippen LogP contribution in [0.3, 0.4) is 0 Å². The summed E-state index contributed by atoms with van der Waals surface area (Å²) in [5.41, 5.74) is 3.64. The number of guanidine groups is 1. The van der Waals surface area contributed by atoms with Crippen LogP contribution in [0.25, 0.3) is 0 Å². The zero-order valence-corrected chi connectivity index (χ0v) is 22.3.